The van der Waals surface area contributed by atoms with Crippen molar-refractivity contribution >= 4 is 5.57 Å². The molecule has 0 fully saturated rings. The molecule has 1 heterocycles. The molecule has 3 aliphatic rings. The van der Waals surface area contributed by atoms with E-state index in [1.54, 1.807) is 11.1 Å². The lowest BCUT2D eigenvalue weighted by molar-refractivity contribution is 0.387. The van der Waals surface area contributed by atoms with Gasteiger partial charge in [-0.05, 0) is 100 Å². The number of hydrogen-bond acceptors (Lipinski definition) is 2. The average molecular weight is 403 g/mol. The molecule has 0 bridgehead atoms. The Morgan fingerprint density at radius 3 is 2.40 bits per heavy atom. The van der Waals surface area contributed by atoms with E-state index in [0.29, 0.717) is 12.0 Å². The Morgan fingerprint density at radius 2 is 1.73 bits per heavy atom. The molecule has 1 aromatic rings. The Bertz CT molecular complexity index is 961. The molecule has 160 valence electrons. The van der Waals surface area contributed by atoms with Gasteiger partial charge in [0.05, 0.1) is 0 Å². The Balaban J connectivity index is 1.97. The fourth-order valence-electron chi connectivity index (χ4n) is 5.68. The molecule has 30 heavy (non-hydrogen) atoms. The van der Waals surface area contributed by atoms with Gasteiger partial charge >= 0.3 is 0 Å². The van der Waals surface area contributed by atoms with Gasteiger partial charge in [0.2, 0.25) is 0 Å². The highest BCUT2D eigenvalue weighted by Gasteiger charge is 2.33. The Morgan fingerprint density at radius 1 is 1.03 bits per heavy atom. The summed E-state index contributed by atoms with van der Waals surface area (Å²) in [6.07, 6.45) is 6.25. The second-order valence-corrected chi connectivity index (χ2v) is 10.5. The number of nitrogens with one attached hydrogen (secondary N) is 2. The van der Waals surface area contributed by atoms with Gasteiger partial charge in [-0.25, -0.2) is 0 Å². The summed E-state index contributed by atoms with van der Waals surface area (Å²) in [6, 6.07) is 9.43. The molecule has 2 nitrogen and oxygen atoms in total. The predicted molar refractivity (Wildman–Crippen MR) is 129 cm³/mol. The van der Waals surface area contributed by atoms with Gasteiger partial charge in [0.25, 0.3) is 0 Å². The molecule has 0 saturated carbocycles. The summed E-state index contributed by atoms with van der Waals surface area (Å²) in [6.45, 7) is 17.0. The molecule has 1 aliphatic heterocycles. The molecule has 1 unspecified atom stereocenters. The molecule has 2 heteroatoms. The van der Waals surface area contributed by atoms with Crippen molar-refractivity contribution in [2.75, 3.05) is 6.54 Å². The van der Waals surface area contributed by atoms with Crippen LogP contribution < -0.4 is 10.6 Å². The number of hydrogen-bond donors (Lipinski definition) is 2. The number of rotatable bonds is 3. The maximum Gasteiger partial charge on any atom is 0.0387 e. The molecule has 1 aromatic carbocycles. The van der Waals surface area contributed by atoms with Crippen molar-refractivity contribution in [3.8, 4) is 0 Å². The van der Waals surface area contributed by atoms with E-state index >= 15 is 0 Å². The first-order valence-corrected chi connectivity index (χ1v) is 11.6. The summed E-state index contributed by atoms with van der Waals surface area (Å²) < 4.78 is 0. The summed E-state index contributed by atoms with van der Waals surface area (Å²) in [4.78, 5) is 0. The van der Waals surface area contributed by atoms with Crippen LogP contribution in [0.1, 0.15) is 71.9 Å². The molecule has 0 saturated heterocycles. The fraction of sp³-hybridized carbons (Fsp3) is 0.500. The summed E-state index contributed by atoms with van der Waals surface area (Å²) in [7, 11) is 0. The average Bonchev–Trinajstić information content (AvgIpc) is 3.09. The second kappa shape index (κ2) is 7.89. The molecule has 2 N–H and O–H groups in total. The van der Waals surface area contributed by atoms with Crippen LogP contribution >= 0.6 is 0 Å². The van der Waals surface area contributed by atoms with Crippen molar-refractivity contribution in [1.29, 1.82) is 0 Å². The summed E-state index contributed by atoms with van der Waals surface area (Å²) in [5.74, 6) is 0.365. The third-order valence-electron chi connectivity index (χ3n) is 6.80. The van der Waals surface area contributed by atoms with E-state index in [1.807, 2.05) is 0 Å². The minimum absolute atomic E-state index is 0.0666. The normalized spacial score (nSPS) is 23.0. The SMILES string of the molecule is CC1=C2C(=CC(C)C([C@@H](C)NC(C)(C)C)=C1c1ccc(C)cc1)NCC1=C2CCC1. The minimum atomic E-state index is 0.0666. The maximum atomic E-state index is 3.86. The Labute approximate surface area is 183 Å². The minimum Gasteiger partial charge on any atom is -0.381 e. The standard InChI is InChI=1S/C28H38N2/c1-17-11-13-21(14-12-17)26-19(3)27-23-10-8-9-22(23)16-29-24(27)15-18(2)25(26)20(4)30-28(5,6)7/h11-15,18,20,29-30H,8-10,16H2,1-7H3/t18?,20-/m1/s1. The smallest absolute Gasteiger partial charge is 0.0387 e. The first kappa shape index (κ1) is 21.2. The molecular formula is C28H38N2. The van der Waals surface area contributed by atoms with Gasteiger partial charge in [-0.15, -0.1) is 0 Å². The number of fused-ring (bicyclic) bond motifs is 2. The van der Waals surface area contributed by atoms with E-state index in [4.69, 9.17) is 0 Å². The van der Waals surface area contributed by atoms with Crippen molar-refractivity contribution in [1.82, 2.24) is 10.6 Å². The van der Waals surface area contributed by atoms with Crippen LogP contribution in [0.25, 0.3) is 5.57 Å². The van der Waals surface area contributed by atoms with Crippen LogP contribution in [-0.2, 0) is 0 Å². The van der Waals surface area contributed by atoms with Gasteiger partial charge in [-0.1, -0.05) is 42.8 Å². The van der Waals surface area contributed by atoms with Gasteiger partial charge in [0, 0.05) is 29.4 Å². The van der Waals surface area contributed by atoms with Crippen LogP contribution in [0.15, 0.2) is 63.9 Å². The molecule has 2 aliphatic carbocycles. The zero-order valence-corrected chi connectivity index (χ0v) is 19.9. The largest absolute Gasteiger partial charge is 0.381 e. The fourth-order valence-corrected chi connectivity index (χ4v) is 5.68. The number of allylic oxidation sites excluding steroid dienone is 4. The number of aryl methyl sites for hydroxylation is 1. The third-order valence-corrected chi connectivity index (χ3v) is 6.80. The van der Waals surface area contributed by atoms with E-state index < -0.39 is 0 Å². The monoisotopic (exact) mass is 402 g/mol. The number of benzene rings is 1. The van der Waals surface area contributed by atoms with Crippen molar-refractivity contribution in [2.45, 2.75) is 79.3 Å². The van der Waals surface area contributed by atoms with Crippen LogP contribution in [0.4, 0.5) is 0 Å². The van der Waals surface area contributed by atoms with Gasteiger partial charge < -0.3 is 10.6 Å². The highest BCUT2D eigenvalue weighted by Crippen LogP contribution is 2.45. The molecule has 0 aromatic heterocycles. The zero-order valence-electron chi connectivity index (χ0n) is 19.9. The quantitative estimate of drug-likeness (QED) is 0.606. The first-order valence-electron chi connectivity index (χ1n) is 11.6. The van der Waals surface area contributed by atoms with E-state index in [1.165, 1.54) is 58.4 Å². The van der Waals surface area contributed by atoms with Crippen molar-refractivity contribution < 1.29 is 0 Å². The summed E-state index contributed by atoms with van der Waals surface area (Å²) in [5.41, 5.74) is 13.2. The predicted octanol–water partition coefficient (Wildman–Crippen LogP) is 6.46. The molecule has 2 atom stereocenters. The van der Waals surface area contributed by atoms with Gasteiger partial charge in [-0.2, -0.15) is 0 Å². The molecule has 0 amide bonds. The third kappa shape index (κ3) is 3.95. The highest BCUT2D eigenvalue weighted by atomic mass is 15.0. The molecular weight excluding hydrogens is 364 g/mol. The lowest BCUT2D eigenvalue weighted by Crippen LogP contribution is -2.44. The summed E-state index contributed by atoms with van der Waals surface area (Å²) in [5, 5.41) is 7.64. The topological polar surface area (TPSA) is 24.1 Å². The van der Waals surface area contributed by atoms with Crippen LogP contribution in [0.2, 0.25) is 0 Å². The van der Waals surface area contributed by atoms with Crippen molar-refractivity contribution in [3.05, 3.63) is 75.0 Å². The van der Waals surface area contributed by atoms with Crippen molar-refractivity contribution in [2.24, 2.45) is 5.92 Å². The molecule has 4 rings (SSSR count). The van der Waals surface area contributed by atoms with Gasteiger partial charge in [0.15, 0.2) is 0 Å². The van der Waals surface area contributed by atoms with Crippen LogP contribution in [-0.4, -0.2) is 18.1 Å². The molecule has 0 spiro atoms. The van der Waals surface area contributed by atoms with Gasteiger partial charge in [0.1, 0.15) is 0 Å². The van der Waals surface area contributed by atoms with E-state index in [-0.39, 0.29) is 5.54 Å². The Hall–Kier alpha value is -2.06. The van der Waals surface area contributed by atoms with E-state index in [0.717, 1.165) is 6.54 Å². The van der Waals surface area contributed by atoms with Crippen LogP contribution in [0.3, 0.4) is 0 Å². The van der Waals surface area contributed by atoms with Crippen molar-refractivity contribution in [3.63, 3.8) is 0 Å². The lowest BCUT2D eigenvalue weighted by atomic mass is 9.82. The van der Waals surface area contributed by atoms with Crippen LogP contribution in [0, 0.1) is 12.8 Å². The maximum absolute atomic E-state index is 3.86. The Kier molecular flexibility index (Phi) is 5.57. The highest BCUT2D eigenvalue weighted by molar-refractivity contribution is 5.86. The van der Waals surface area contributed by atoms with E-state index in [9.17, 15) is 0 Å². The zero-order chi connectivity index (χ0) is 21.6. The lowest BCUT2D eigenvalue weighted by Gasteiger charge is -2.32. The van der Waals surface area contributed by atoms with Crippen LogP contribution in [0.5, 0.6) is 0 Å². The summed E-state index contributed by atoms with van der Waals surface area (Å²) >= 11 is 0. The molecule has 0 radical (unpaired) electrons. The second-order valence-electron chi connectivity index (χ2n) is 10.5. The van der Waals surface area contributed by atoms with E-state index in [2.05, 4.69) is 89.4 Å². The van der Waals surface area contributed by atoms with Gasteiger partial charge in [-0.3, -0.25) is 0 Å². The first-order chi connectivity index (χ1) is 14.2.